The van der Waals surface area contributed by atoms with E-state index in [4.69, 9.17) is 4.74 Å². The van der Waals surface area contributed by atoms with Crippen molar-refractivity contribution in [2.75, 3.05) is 19.7 Å². The Morgan fingerprint density at radius 2 is 1.83 bits per heavy atom. The van der Waals surface area contributed by atoms with Gasteiger partial charge < -0.3 is 15.0 Å². The monoisotopic (exact) mass is 397 g/mol. The van der Waals surface area contributed by atoms with Crippen molar-refractivity contribution in [3.63, 3.8) is 0 Å². The fourth-order valence-corrected chi connectivity index (χ4v) is 3.15. The van der Waals surface area contributed by atoms with E-state index < -0.39 is 10.8 Å². The number of carbonyl (C=O) groups excluding carboxylic acids is 2. The molecule has 0 saturated carbocycles. The molecule has 2 amide bonds. The molecular formula is C21H23N3O5. The van der Waals surface area contributed by atoms with Gasteiger partial charge in [-0.3, -0.25) is 19.7 Å². The zero-order valence-corrected chi connectivity index (χ0v) is 16.2. The van der Waals surface area contributed by atoms with Gasteiger partial charge in [-0.1, -0.05) is 18.2 Å². The molecule has 1 aliphatic rings. The number of likely N-dealkylation sites (tertiary alicyclic amines) is 1. The molecule has 0 unspecified atom stereocenters. The standard InChI is InChI=1S/C21H23N3O5/c1-15-4-9-18(24(27)28)19(12-15)29-14-20(25)22-13-16-5-7-17(8-6-16)21(26)23-10-2-3-11-23/h4-9,12H,2-3,10-11,13-14H2,1H3,(H,22,25). The average Bonchev–Trinajstić information content (AvgIpc) is 3.25. The molecule has 2 aromatic carbocycles. The van der Waals surface area contributed by atoms with Crippen molar-refractivity contribution in [1.82, 2.24) is 10.2 Å². The van der Waals surface area contributed by atoms with Gasteiger partial charge in [-0.15, -0.1) is 0 Å². The van der Waals surface area contributed by atoms with Gasteiger partial charge in [0, 0.05) is 31.3 Å². The molecule has 29 heavy (non-hydrogen) atoms. The Bertz CT molecular complexity index is 905. The average molecular weight is 397 g/mol. The minimum atomic E-state index is -0.544. The Kier molecular flexibility index (Phi) is 6.43. The topological polar surface area (TPSA) is 102 Å². The molecule has 152 valence electrons. The molecule has 1 heterocycles. The fourth-order valence-electron chi connectivity index (χ4n) is 3.15. The largest absolute Gasteiger partial charge is 0.477 e. The molecule has 1 N–H and O–H groups in total. The molecule has 1 fully saturated rings. The predicted molar refractivity (Wildman–Crippen MR) is 107 cm³/mol. The van der Waals surface area contributed by atoms with Crippen LogP contribution in [0.25, 0.3) is 0 Å². The van der Waals surface area contributed by atoms with Gasteiger partial charge in [-0.05, 0) is 49.1 Å². The second-order valence-electron chi connectivity index (χ2n) is 6.99. The third kappa shape index (κ3) is 5.31. The van der Waals surface area contributed by atoms with E-state index in [1.165, 1.54) is 12.1 Å². The summed E-state index contributed by atoms with van der Waals surface area (Å²) in [4.78, 5) is 36.7. The first kappa shape index (κ1) is 20.3. The number of hydrogen-bond acceptors (Lipinski definition) is 5. The van der Waals surface area contributed by atoms with E-state index in [0.29, 0.717) is 5.56 Å². The molecule has 0 bridgehead atoms. The van der Waals surface area contributed by atoms with Crippen molar-refractivity contribution < 1.29 is 19.2 Å². The maximum atomic E-state index is 12.3. The van der Waals surface area contributed by atoms with Crippen LogP contribution >= 0.6 is 0 Å². The summed E-state index contributed by atoms with van der Waals surface area (Å²) >= 11 is 0. The molecule has 0 aromatic heterocycles. The van der Waals surface area contributed by atoms with E-state index in [0.717, 1.165) is 37.1 Å². The van der Waals surface area contributed by atoms with Crippen LogP contribution in [0.1, 0.15) is 34.3 Å². The Hall–Kier alpha value is -3.42. The second-order valence-corrected chi connectivity index (χ2v) is 6.99. The fraction of sp³-hybridized carbons (Fsp3) is 0.333. The van der Waals surface area contributed by atoms with Crippen LogP contribution in [-0.4, -0.2) is 41.3 Å². The molecule has 1 saturated heterocycles. The van der Waals surface area contributed by atoms with Gasteiger partial charge in [0.2, 0.25) is 0 Å². The summed E-state index contributed by atoms with van der Waals surface area (Å²) in [6.07, 6.45) is 2.09. The van der Waals surface area contributed by atoms with Crippen molar-refractivity contribution in [1.29, 1.82) is 0 Å². The number of nitro benzene ring substituents is 1. The lowest BCUT2D eigenvalue weighted by Gasteiger charge is -2.15. The second kappa shape index (κ2) is 9.18. The number of carbonyl (C=O) groups is 2. The van der Waals surface area contributed by atoms with Gasteiger partial charge in [0.25, 0.3) is 11.8 Å². The number of nitrogens with one attached hydrogen (secondary N) is 1. The highest BCUT2D eigenvalue weighted by atomic mass is 16.6. The molecule has 0 atom stereocenters. The summed E-state index contributed by atoms with van der Waals surface area (Å²) in [6, 6.07) is 11.6. The van der Waals surface area contributed by atoms with Crippen LogP contribution in [0.15, 0.2) is 42.5 Å². The first-order valence-electron chi connectivity index (χ1n) is 9.47. The third-order valence-corrected chi connectivity index (χ3v) is 4.75. The Morgan fingerprint density at radius 1 is 1.14 bits per heavy atom. The van der Waals surface area contributed by atoms with E-state index in [1.807, 2.05) is 4.90 Å². The number of amides is 2. The van der Waals surface area contributed by atoms with E-state index in [9.17, 15) is 19.7 Å². The minimum absolute atomic E-state index is 0.0336. The first-order valence-corrected chi connectivity index (χ1v) is 9.47. The van der Waals surface area contributed by atoms with Crippen molar-refractivity contribution >= 4 is 17.5 Å². The smallest absolute Gasteiger partial charge is 0.310 e. The zero-order valence-electron chi connectivity index (χ0n) is 16.2. The molecule has 0 spiro atoms. The van der Waals surface area contributed by atoms with Gasteiger partial charge in [0.05, 0.1) is 4.92 Å². The Morgan fingerprint density at radius 3 is 2.48 bits per heavy atom. The van der Waals surface area contributed by atoms with Crippen LogP contribution in [0.2, 0.25) is 0 Å². The number of hydrogen-bond donors (Lipinski definition) is 1. The highest BCUT2D eigenvalue weighted by Crippen LogP contribution is 2.27. The molecule has 1 aliphatic heterocycles. The minimum Gasteiger partial charge on any atom is -0.477 e. The third-order valence-electron chi connectivity index (χ3n) is 4.75. The highest BCUT2D eigenvalue weighted by molar-refractivity contribution is 5.94. The SMILES string of the molecule is Cc1ccc([N+](=O)[O-])c(OCC(=O)NCc2ccc(C(=O)N3CCCC3)cc2)c1. The summed E-state index contributed by atoms with van der Waals surface area (Å²) < 4.78 is 5.33. The Balaban J connectivity index is 1.50. The number of ether oxygens (including phenoxy) is 1. The molecule has 3 rings (SSSR count). The van der Waals surface area contributed by atoms with E-state index in [-0.39, 0.29) is 30.5 Å². The molecular weight excluding hydrogens is 374 g/mol. The lowest BCUT2D eigenvalue weighted by Crippen LogP contribution is -2.29. The van der Waals surface area contributed by atoms with Crippen LogP contribution in [0, 0.1) is 17.0 Å². The highest BCUT2D eigenvalue weighted by Gasteiger charge is 2.19. The van der Waals surface area contributed by atoms with Crippen molar-refractivity contribution in [2.45, 2.75) is 26.3 Å². The van der Waals surface area contributed by atoms with Crippen molar-refractivity contribution in [2.24, 2.45) is 0 Å². The Labute approximate surface area is 168 Å². The summed E-state index contributed by atoms with van der Waals surface area (Å²) in [5.74, 6) is -0.292. The van der Waals surface area contributed by atoms with Crippen LogP contribution in [-0.2, 0) is 11.3 Å². The van der Waals surface area contributed by atoms with Crippen LogP contribution in [0.3, 0.4) is 0 Å². The molecule has 2 aromatic rings. The van der Waals surface area contributed by atoms with E-state index in [1.54, 1.807) is 37.3 Å². The lowest BCUT2D eigenvalue weighted by atomic mass is 10.1. The normalized spacial score (nSPS) is 13.2. The number of aryl methyl sites for hydroxylation is 1. The molecule has 0 radical (unpaired) electrons. The summed E-state index contributed by atoms with van der Waals surface area (Å²) in [7, 11) is 0. The molecule has 8 heteroatoms. The summed E-state index contributed by atoms with van der Waals surface area (Å²) in [5.41, 5.74) is 2.10. The predicted octanol–water partition coefficient (Wildman–Crippen LogP) is 2.83. The first-order chi connectivity index (χ1) is 13.9. The quantitative estimate of drug-likeness (QED) is 0.572. The van der Waals surface area contributed by atoms with E-state index >= 15 is 0 Å². The van der Waals surface area contributed by atoms with Gasteiger partial charge in [0.15, 0.2) is 12.4 Å². The van der Waals surface area contributed by atoms with Crippen molar-refractivity contribution in [3.05, 3.63) is 69.3 Å². The van der Waals surface area contributed by atoms with Crippen LogP contribution in [0.5, 0.6) is 5.75 Å². The van der Waals surface area contributed by atoms with Gasteiger partial charge >= 0.3 is 5.69 Å². The summed E-state index contributed by atoms with van der Waals surface area (Å²) in [6.45, 7) is 3.34. The summed E-state index contributed by atoms with van der Waals surface area (Å²) in [5, 5.41) is 13.8. The zero-order chi connectivity index (χ0) is 20.8. The maximum absolute atomic E-state index is 12.3. The van der Waals surface area contributed by atoms with Crippen LogP contribution < -0.4 is 10.1 Å². The number of nitro groups is 1. The van der Waals surface area contributed by atoms with Gasteiger partial charge in [-0.2, -0.15) is 0 Å². The molecule has 0 aliphatic carbocycles. The van der Waals surface area contributed by atoms with Gasteiger partial charge in [-0.25, -0.2) is 0 Å². The lowest BCUT2D eigenvalue weighted by molar-refractivity contribution is -0.385. The number of benzene rings is 2. The number of nitrogens with zero attached hydrogens (tertiary/aromatic N) is 2. The van der Waals surface area contributed by atoms with Crippen LogP contribution in [0.4, 0.5) is 5.69 Å². The maximum Gasteiger partial charge on any atom is 0.310 e. The van der Waals surface area contributed by atoms with Crippen molar-refractivity contribution in [3.8, 4) is 5.75 Å². The van der Waals surface area contributed by atoms with Gasteiger partial charge in [0.1, 0.15) is 0 Å². The van der Waals surface area contributed by atoms with E-state index in [2.05, 4.69) is 5.32 Å². The number of rotatable bonds is 7. The molecule has 8 nitrogen and oxygen atoms in total.